The quantitative estimate of drug-likeness (QED) is 0.338. The molecule has 36 heavy (non-hydrogen) atoms. The molecule has 0 atom stereocenters. The summed E-state index contributed by atoms with van der Waals surface area (Å²) < 4.78 is 10.8. The lowest BCUT2D eigenvalue weighted by atomic mass is 10.1. The van der Waals surface area contributed by atoms with Crippen molar-refractivity contribution >= 4 is 46.5 Å². The second-order valence-electron chi connectivity index (χ2n) is 8.13. The fourth-order valence-electron chi connectivity index (χ4n) is 3.62. The Bertz CT molecular complexity index is 1370. The summed E-state index contributed by atoms with van der Waals surface area (Å²) in [7, 11) is 0. The van der Waals surface area contributed by atoms with Crippen LogP contribution in [0.2, 0.25) is 0 Å². The third-order valence-electron chi connectivity index (χ3n) is 5.41. The first-order valence-corrected chi connectivity index (χ1v) is 12.1. The SMILES string of the molecule is CCOC(=O)c1ccc(-c2ccc(/C=C3/SC(=O)N(CC(=O)Nc4ccc(C)cc4C)C3=O)o2)cc1. The maximum Gasteiger partial charge on any atom is 0.338 e. The Morgan fingerprint density at radius 3 is 2.50 bits per heavy atom. The average molecular weight is 505 g/mol. The van der Waals surface area contributed by atoms with Crippen LogP contribution >= 0.6 is 11.8 Å². The number of hydrogen-bond acceptors (Lipinski definition) is 7. The maximum atomic E-state index is 12.8. The summed E-state index contributed by atoms with van der Waals surface area (Å²) in [5.41, 5.74) is 3.76. The van der Waals surface area contributed by atoms with Gasteiger partial charge in [-0.05, 0) is 68.4 Å². The molecule has 0 bridgehead atoms. The molecule has 2 heterocycles. The van der Waals surface area contributed by atoms with Crippen molar-refractivity contribution in [3.63, 3.8) is 0 Å². The topological polar surface area (TPSA) is 106 Å². The predicted octanol–water partition coefficient (Wildman–Crippen LogP) is 5.42. The predicted molar refractivity (Wildman–Crippen MR) is 137 cm³/mol. The van der Waals surface area contributed by atoms with Crippen molar-refractivity contribution < 1.29 is 28.3 Å². The second-order valence-corrected chi connectivity index (χ2v) is 9.13. The number of aryl methyl sites for hydroxylation is 2. The van der Waals surface area contributed by atoms with Crippen LogP contribution < -0.4 is 5.32 Å². The molecule has 3 amide bonds. The minimum Gasteiger partial charge on any atom is -0.462 e. The first kappa shape index (κ1) is 25.0. The van der Waals surface area contributed by atoms with Crippen LogP contribution in [0.25, 0.3) is 17.4 Å². The summed E-state index contributed by atoms with van der Waals surface area (Å²) in [6.45, 7) is 5.48. The lowest BCUT2D eigenvalue weighted by Gasteiger charge is -2.13. The van der Waals surface area contributed by atoms with Crippen molar-refractivity contribution in [1.29, 1.82) is 0 Å². The van der Waals surface area contributed by atoms with Crippen LogP contribution in [-0.4, -0.2) is 41.1 Å². The van der Waals surface area contributed by atoms with E-state index in [1.54, 1.807) is 49.4 Å². The number of ether oxygens (including phenoxy) is 1. The van der Waals surface area contributed by atoms with Gasteiger partial charge in [0.2, 0.25) is 5.91 Å². The fraction of sp³-hybridized carbons (Fsp3) is 0.185. The molecular weight excluding hydrogens is 480 g/mol. The Morgan fingerprint density at radius 1 is 1.06 bits per heavy atom. The average Bonchev–Trinajstić information content (AvgIpc) is 3.41. The summed E-state index contributed by atoms with van der Waals surface area (Å²) in [4.78, 5) is 50.6. The smallest absolute Gasteiger partial charge is 0.338 e. The van der Waals surface area contributed by atoms with Crippen LogP contribution in [0.5, 0.6) is 0 Å². The number of nitrogens with zero attached hydrogens (tertiary/aromatic N) is 1. The molecule has 0 unspecified atom stereocenters. The molecule has 1 saturated heterocycles. The van der Waals surface area contributed by atoms with E-state index in [1.807, 2.05) is 26.0 Å². The maximum absolute atomic E-state index is 12.8. The lowest BCUT2D eigenvalue weighted by molar-refractivity contribution is -0.127. The Hall–Kier alpha value is -4.11. The first-order valence-electron chi connectivity index (χ1n) is 11.2. The third-order valence-corrected chi connectivity index (χ3v) is 6.32. The largest absolute Gasteiger partial charge is 0.462 e. The molecular formula is C27H24N2O6S. The Kier molecular flexibility index (Phi) is 7.40. The Balaban J connectivity index is 1.42. The minimum absolute atomic E-state index is 0.165. The van der Waals surface area contributed by atoms with Crippen LogP contribution in [0.15, 0.2) is 63.9 Å². The molecule has 1 fully saturated rings. The van der Waals surface area contributed by atoms with Gasteiger partial charge in [0, 0.05) is 17.3 Å². The highest BCUT2D eigenvalue weighted by atomic mass is 32.2. The van der Waals surface area contributed by atoms with E-state index in [9.17, 15) is 19.2 Å². The fourth-order valence-corrected chi connectivity index (χ4v) is 4.44. The van der Waals surface area contributed by atoms with E-state index in [2.05, 4.69) is 5.32 Å². The third kappa shape index (κ3) is 5.58. The number of nitrogens with one attached hydrogen (secondary N) is 1. The first-order chi connectivity index (χ1) is 17.2. The number of benzene rings is 2. The number of imide groups is 1. The van der Waals surface area contributed by atoms with Gasteiger partial charge in [0.15, 0.2) is 0 Å². The molecule has 0 spiro atoms. The van der Waals surface area contributed by atoms with Crippen molar-refractivity contribution in [1.82, 2.24) is 4.90 Å². The van der Waals surface area contributed by atoms with Crippen LogP contribution in [0.3, 0.4) is 0 Å². The van der Waals surface area contributed by atoms with Crippen LogP contribution in [-0.2, 0) is 14.3 Å². The molecule has 184 valence electrons. The zero-order valence-electron chi connectivity index (χ0n) is 20.0. The number of anilines is 1. The molecule has 0 radical (unpaired) electrons. The van der Waals surface area contributed by atoms with E-state index < -0.39 is 23.0 Å². The van der Waals surface area contributed by atoms with Gasteiger partial charge in [-0.3, -0.25) is 19.3 Å². The number of esters is 1. The molecule has 4 rings (SSSR count). The zero-order chi connectivity index (χ0) is 25.8. The number of rotatable bonds is 7. The van der Waals surface area contributed by atoms with E-state index in [1.165, 1.54) is 6.08 Å². The molecule has 3 aromatic rings. The zero-order valence-corrected chi connectivity index (χ0v) is 20.8. The highest BCUT2D eigenvalue weighted by molar-refractivity contribution is 8.18. The van der Waals surface area contributed by atoms with E-state index in [4.69, 9.17) is 9.15 Å². The molecule has 0 aliphatic carbocycles. The molecule has 2 aromatic carbocycles. The summed E-state index contributed by atoms with van der Waals surface area (Å²) in [5.74, 6) is -0.509. The van der Waals surface area contributed by atoms with Gasteiger partial charge in [-0.1, -0.05) is 29.8 Å². The van der Waals surface area contributed by atoms with Crippen molar-refractivity contribution in [2.75, 3.05) is 18.5 Å². The van der Waals surface area contributed by atoms with Crippen LogP contribution in [0, 0.1) is 13.8 Å². The molecule has 0 saturated carbocycles. The highest BCUT2D eigenvalue weighted by Crippen LogP contribution is 2.33. The van der Waals surface area contributed by atoms with Gasteiger partial charge in [-0.25, -0.2) is 4.79 Å². The van der Waals surface area contributed by atoms with Gasteiger partial charge in [0.05, 0.1) is 17.1 Å². The number of furan rings is 1. The molecule has 1 aromatic heterocycles. The van der Waals surface area contributed by atoms with E-state index >= 15 is 0 Å². The van der Waals surface area contributed by atoms with Gasteiger partial charge < -0.3 is 14.5 Å². The number of thioether (sulfide) groups is 1. The summed E-state index contributed by atoms with van der Waals surface area (Å²) in [6.07, 6.45) is 1.48. The second kappa shape index (κ2) is 10.7. The Labute approximate surface area is 212 Å². The van der Waals surface area contributed by atoms with Crippen molar-refractivity contribution in [3.8, 4) is 11.3 Å². The highest BCUT2D eigenvalue weighted by Gasteiger charge is 2.36. The van der Waals surface area contributed by atoms with Crippen molar-refractivity contribution in [2.24, 2.45) is 0 Å². The van der Waals surface area contributed by atoms with Gasteiger partial charge >= 0.3 is 5.97 Å². The monoisotopic (exact) mass is 504 g/mol. The lowest BCUT2D eigenvalue weighted by Crippen LogP contribution is -2.36. The van der Waals surface area contributed by atoms with Crippen LogP contribution in [0.4, 0.5) is 10.5 Å². The summed E-state index contributed by atoms with van der Waals surface area (Å²) in [5, 5.41) is 2.22. The van der Waals surface area contributed by atoms with Gasteiger partial charge in [0.1, 0.15) is 18.1 Å². The van der Waals surface area contributed by atoms with Crippen LogP contribution in [0.1, 0.15) is 34.2 Å². The number of amides is 3. The van der Waals surface area contributed by atoms with E-state index in [-0.39, 0.29) is 11.4 Å². The number of carbonyl (C=O) groups excluding carboxylic acids is 4. The Morgan fingerprint density at radius 2 is 1.81 bits per heavy atom. The van der Waals surface area contributed by atoms with Gasteiger partial charge in [-0.15, -0.1) is 0 Å². The molecule has 9 heteroatoms. The number of carbonyl (C=O) groups is 4. The van der Waals surface area contributed by atoms with Gasteiger partial charge in [0.25, 0.3) is 11.1 Å². The molecule has 1 aliphatic heterocycles. The standard InChI is InChI=1S/C27H24N2O6S/c1-4-34-26(32)19-8-6-18(7-9-19)22-12-10-20(35-22)14-23-25(31)29(27(33)36-23)15-24(30)28-21-11-5-16(2)13-17(21)3/h5-14H,4,15H2,1-3H3,(H,28,30)/b23-14+. The van der Waals surface area contributed by atoms with Crippen molar-refractivity contribution in [3.05, 3.63) is 82.0 Å². The number of hydrogen-bond donors (Lipinski definition) is 1. The molecule has 8 nitrogen and oxygen atoms in total. The van der Waals surface area contributed by atoms with Crippen molar-refractivity contribution in [2.45, 2.75) is 20.8 Å². The van der Waals surface area contributed by atoms with E-state index in [0.29, 0.717) is 29.4 Å². The molecule has 1 N–H and O–H groups in total. The molecule has 1 aliphatic rings. The minimum atomic E-state index is -0.558. The van der Waals surface area contributed by atoms with Gasteiger partial charge in [-0.2, -0.15) is 0 Å². The van der Waals surface area contributed by atoms with E-state index in [0.717, 1.165) is 33.4 Å². The summed E-state index contributed by atoms with van der Waals surface area (Å²) >= 11 is 0.752. The normalized spacial score (nSPS) is 14.4. The summed E-state index contributed by atoms with van der Waals surface area (Å²) in [6, 6.07) is 15.8.